The molecule has 2 N–H and O–H groups in total. The Kier molecular flexibility index (Phi) is 7.40. The summed E-state index contributed by atoms with van der Waals surface area (Å²) in [5.74, 6) is 0.202. The summed E-state index contributed by atoms with van der Waals surface area (Å²) in [5.41, 5.74) is 0.822. The fraction of sp³-hybridized carbons (Fsp3) is 0.571. The van der Waals surface area contributed by atoms with Crippen molar-refractivity contribution in [2.24, 2.45) is 5.92 Å². The van der Waals surface area contributed by atoms with E-state index in [0.29, 0.717) is 32.1 Å². The predicted octanol–water partition coefficient (Wildman–Crippen LogP) is 1.57. The van der Waals surface area contributed by atoms with Gasteiger partial charge in [0.25, 0.3) is 0 Å². The van der Waals surface area contributed by atoms with Crippen LogP contribution in [0.3, 0.4) is 0 Å². The van der Waals surface area contributed by atoms with E-state index in [-0.39, 0.29) is 18.3 Å². The van der Waals surface area contributed by atoms with Crippen LogP contribution in [0, 0.1) is 11.7 Å². The minimum atomic E-state index is -0.322. The van der Waals surface area contributed by atoms with Gasteiger partial charge >= 0.3 is 0 Å². The molecule has 0 aliphatic carbocycles. The highest BCUT2D eigenvalue weighted by Crippen LogP contribution is 2.17. The molecular formula is C14H22FNO3. The van der Waals surface area contributed by atoms with Crippen molar-refractivity contribution in [2.45, 2.75) is 13.5 Å². The molecule has 19 heavy (non-hydrogen) atoms. The average molecular weight is 271 g/mol. The van der Waals surface area contributed by atoms with E-state index in [2.05, 4.69) is 5.32 Å². The van der Waals surface area contributed by atoms with Gasteiger partial charge in [0, 0.05) is 38.8 Å². The molecule has 0 saturated heterocycles. The van der Waals surface area contributed by atoms with Crippen LogP contribution in [0.5, 0.6) is 5.75 Å². The largest absolute Gasteiger partial charge is 0.493 e. The first-order chi connectivity index (χ1) is 9.15. The van der Waals surface area contributed by atoms with Gasteiger partial charge in [-0.05, 0) is 17.7 Å². The third-order valence-electron chi connectivity index (χ3n) is 2.59. The van der Waals surface area contributed by atoms with E-state index in [4.69, 9.17) is 14.6 Å². The van der Waals surface area contributed by atoms with E-state index in [9.17, 15) is 4.39 Å². The number of halogens is 1. The van der Waals surface area contributed by atoms with Crippen molar-refractivity contribution in [3.05, 3.63) is 29.6 Å². The van der Waals surface area contributed by atoms with Crippen molar-refractivity contribution in [3.63, 3.8) is 0 Å². The molecule has 1 rings (SSSR count). The Labute approximate surface area is 113 Å². The maximum atomic E-state index is 13.4. The molecule has 4 nitrogen and oxygen atoms in total. The van der Waals surface area contributed by atoms with Crippen LogP contribution < -0.4 is 10.1 Å². The van der Waals surface area contributed by atoms with Crippen LogP contribution in [-0.4, -0.2) is 38.6 Å². The van der Waals surface area contributed by atoms with Gasteiger partial charge in [0.05, 0.1) is 13.2 Å². The number of ether oxygens (including phenoxy) is 2. The minimum absolute atomic E-state index is 0.0338. The standard InChI is InChI=1S/C14H22FNO3/c1-11(9-17)10-19-14-6-12(5-13(15)7-14)8-16-3-4-18-2/h5-7,11,16-17H,3-4,8-10H2,1-2H3. The average Bonchev–Trinajstić information content (AvgIpc) is 2.40. The molecule has 1 aromatic carbocycles. The van der Waals surface area contributed by atoms with E-state index >= 15 is 0 Å². The van der Waals surface area contributed by atoms with Gasteiger partial charge in [-0.2, -0.15) is 0 Å². The molecule has 0 amide bonds. The summed E-state index contributed by atoms with van der Waals surface area (Å²) < 4.78 is 23.8. The maximum Gasteiger partial charge on any atom is 0.127 e. The summed E-state index contributed by atoms with van der Waals surface area (Å²) in [4.78, 5) is 0. The quantitative estimate of drug-likeness (QED) is 0.669. The molecule has 1 unspecified atom stereocenters. The number of aliphatic hydroxyl groups is 1. The molecular weight excluding hydrogens is 249 g/mol. The molecule has 0 heterocycles. The molecule has 0 bridgehead atoms. The first-order valence-corrected chi connectivity index (χ1v) is 6.38. The number of benzene rings is 1. The van der Waals surface area contributed by atoms with Crippen LogP contribution in [0.2, 0.25) is 0 Å². The number of hydrogen-bond donors (Lipinski definition) is 2. The zero-order chi connectivity index (χ0) is 14.1. The van der Waals surface area contributed by atoms with Crippen molar-refractivity contribution >= 4 is 0 Å². The maximum absolute atomic E-state index is 13.4. The van der Waals surface area contributed by atoms with Crippen molar-refractivity contribution in [1.82, 2.24) is 5.32 Å². The van der Waals surface area contributed by atoms with Crippen LogP contribution in [0.15, 0.2) is 18.2 Å². The zero-order valence-corrected chi connectivity index (χ0v) is 11.5. The Morgan fingerprint density at radius 3 is 2.84 bits per heavy atom. The summed E-state index contributed by atoms with van der Waals surface area (Å²) in [5, 5.41) is 12.1. The molecule has 0 saturated carbocycles. The molecule has 0 aromatic heterocycles. The fourth-order valence-corrected chi connectivity index (χ4v) is 1.50. The van der Waals surface area contributed by atoms with Crippen LogP contribution in [-0.2, 0) is 11.3 Å². The van der Waals surface area contributed by atoms with Crippen LogP contribution in [0.4, 0.5) is 4.39 Å². The van der Waals surface area contributed by atoms with Crippen molar-refractivity contribution < 1.29 is 19.0 Å². The van der Waals surface area contributed by atoms with Gasteiger partial charge in [-0.3, -0.25) is 0 Å². The minimum Gasteiger partial charge on any atom is -0.493 e. The zero-order valence-electron chi connectivity index (χ0n) is 11.5. The monoisotopic (exact) mass is 271 g/mol. The number of hydrogen-bond acceptors (Lipinski definition) is 4. The SMILES string of the molecule is COCCNCc1cc(F)cc(OCC(C)CO)c1. The third-order valence-corrected chi connectivity index (χ3v) is 2.59. The molecule has 0 aliphatic rings. The van der Waals surface area contributed by atoms with Gasteiger partial charge in [0.2, 0.25) is 0 Å². The lowest BCUT2D eigenvalue weighted by molar-refractivity contribution is 0.174. The molecule has 1 aromatic rings. The molecule has 1 atom stereocenters. The van der Waals surface area contributed by atoms with E-state index in [1.54, 1.807) is 13.2 Å². The lowest BCUT2D eigenvalue weighted by Gasteiger charge is -2.12. The highest BCUT2D eigenvalue weighted by atomic mass is 19.1. The van der Waals surface area contributed by atoms with Gasteiger partial charge in [0.15, 0.2) is 0 Å². The predicted molar refractivity (Wildman–Crippen MR) is 71.7 cm³/mol. The molecule has 108 valence electrons. The second-order valence-corrected chi connectivity index (χ2v) is 4.56. The summed E-state index contributed by atoms with van der Waals surface area (Å²) in [6.45, 7) is 4.19. The van der Waals surface area contributed by atoms with Gasteiger partial charge in [0.1, 0.15) is 11.6 Å². The molecule has 0 aliphatic heterocycles. The molecule has 0 radical (unpaired) electrons. The molecule has 5 heteroatoms. The van der Waals surface area contributed by atoms with Gasteiger partial charge < -0.3 is 19.9 Å². The number of nitrogens with one attached hydrogen (secondary N) is 1. The van der Waals surface area contributed by atoms with E-state index in [1.165, 1.54) is 12.1 Å². The van der Waals surface area contributed by atoms with Gasteiger partial charge in [-0.1, -0.05) is 6.92 Å². The number of rotatable bonds is 9. The van der Waals surface area contributed by atoms with Crippen molar-refractivity contribution in [1.29, 1.82) is 0 Å². The van der Waals surface area contributed by atoms with Gasteiger partial charge in [-0.15, -0.1) is 0 Å². The van der Waals surface area contributed by atoms with Gasteiger partial charge in [-0.25, -0.2) is 4.39 Å². The van der Waals surface area contributed by atoms with E-state index in [0.717, 1.165) is 5.56 Å². The normalized spacial score (nSPS) is 12.4. The highest BCUT2D eigenvalue weighted by molar-refractivity contribution is 5.29. The number of aliphatic hydroxyl groups excluding tert-OH is 1. The Morgan fingerprint density at radius 2 is 2.16 bits per heavy atom. The lowest BCUT2D eigenvalue weighted by atomic mass is 10.2. The number of methoxy groups -OCH3 is 1. The lowest BCUT2D eigenvalue weighted by Crippen LogP contribution is -2.18. The van der Waals surface area contributed by atoms with E-state index < -0.39 is 0 Å². The molecule has 0 fully saturated rings. The summed E-state index contributed by atoms with van der Waals surface area (Å²) >= 11 is 0. The summed E-state index contributed by atoms with van der Waals surface area (Å²) in [7, 11) is 1.64. The summed E-state index contributed by atoms with van der Waals surface area (Å²) in [6, 6.07) is 4.62. The second-order valence-electron chi connectivity index (χ2n) is 4.56. The van der Waals surface area contributed by atoms with Crippen LogP contribution >= 0.6 is 0 Å². The Bertz CT molecular complexity index is 374. The Morgan fingerprint density at radius 1 is 1.37 bits per heavy atom. The van der Waals surface area contributed by atoms with Crippen molar-refractivity contribution in [3.8, 4) is 5.75 Å². The van der Waals surface area contributed by atoms with E-state index in [1.807, 2.05) is 6.92 Å². The topological polar surface area (TPSA) is 50.7 Å². The highest BCUT2D eigenvalue weighted by Gasteiger charge is 2.05. The smallest absolute Gasteiger partial charge is 0.127 e. The Hall–Kier alpha value is -1.17. The van der Waals surface area contributed by atoms with Crippen LogP contribution in [0.1, 0.15) is 12.5 Å². The molecule has 0 spiro atoms. The Balaban J connectivity index is 2.51. The summed E-state index contributed by atoms with van der Waals surface area (Å²) in [6.07, 6.45) is 0. The second kappa shape index (κ2) is 8.85. The fourth-order valence-electron chi connectivity index (χ4n) is 1.50. The third kappa shape index (κ3) is 6.52. The first kappa shape index (κ1) is 15.9. The van der Waals surface area contributed by atoms with Crippen LogP contribution in [0.25, 0.3) is 0 Å². The van der Waals surface area contributed by atoms with Crippen molar-refractivity contribution in [2.75, 3.05) is 33.5 Å². The first-order valence-electron chi connectivity index (χ1n) is 6.38.